The van der Waals surface area contributed by atoms with Crippen molar-refractivity contribution < 1.29 is 23.9 Å². The molecule has 1 aromatic heterocycles. The predicted octanol–water partition coefficient (Wildman–Crippen LogP) is 2.09. The zero-order chi connectivity index (χ0) is 23.0. The van der Waals surface area contributed by atoms with Crippen LogP contribution in [0.2, 0.25) is 0 Å². The molecule has 4 aliphatic rings. The summed E-state index contributed by atoms with van der Waals surface area (Å²) in [6.07, 6.45) is 0.813. The Balaban J connectivity index is 1.41. The molecule has 10 heteroatoms. The molecule has 33 heavy (non-hydrogen) atoms. The van der Waals surface area contributed by atoms with Gasteiger partial charge in [-0.25, -0.2) is 0 Å². The quantitative estimate of drug-likeness (QED) is 0.521. The van der Waals surface area contributed by atoms with E-state index < -0.39 is 17.8 Å². The van der Waals surface area contributed by atoms with Gasteiger partial charge >= 0.3 is 10.8 Å². The lowest BCUT2D eigenvalue weighted by atomic mass is 9.68. The molecule has 172 valence electrons. The molecular formula is C23H22N2O6S2. The molecule has 2 aliphatic carbocycles. The van der Waals surface area contributed by atoms with Crippen LogP contribution >= 0.6 is 23.1 Å². The molecule has 1 N–H and O–H groups in total. The molecule has 3 heterocycles. The van der Waals surface area contributed by atoms with E-state index in [9.17, 15) is 19.2 Å². The SMILES string of the molecule is COC(=O)CN1C(=O)C2C3CC(C2C1=O)C1C(c2ccc(OC)cc2)c2sc(=O)[nH]c2SC31. The molecule has 2 aromatic rings. The number of carbonyl (C=O) groups excluding carboxylic acids is 3. The lowest BCUT2D eigenvalue weighted by Gasteiger charge is -2.43. The van der Waals surface area contributed by atoms with E-state index in [0.717, 1.165) is 32.5 Å². The van der Waals surface area contributed by atoms with Crippen molar-refractivity contribution in [2.45, 2.75) is 22.6 Å². The summed E-state index contributed by atoms with van der Waals surface area (Å²) in [4.78, 5) is 55.6. The van der Waals surface area contributed by atoms with Gasteiger partial charge in [-0.3, -0.25) is 24.1 Å². The monoisotopic (exact) mass is 486 g/mol. The van der Waals surface area contributed by atoms with Gasteiger partial charge in [0.1, 0.15) is 12.3 Å². The third-order valence-electron chi connectivity index (χ3n) is 7.81. The van der Waals surface area contributed by atoms with E-state index >= 15 is 0 Å². The number of carbonyl (C=O) groups is 3. The number of likely N-dealkylation sites (tertiary alicyclic amines) is 1. The normalized spacial score (nSPS) is 33.6. The van der Waals surface area contributed by atoms with E-state index in [2.05, 4.69) is 4.98 Å². The summed E-state index contributed by atoms with van der Waals surface area (Å²) in [5.74, 6) is -1.01. The van der Waals surface area contributed by atoms with Gasteiger partial charge in [-0.05, 0) is 41.9 Å². The number of ether oxygens (including phenoxy) is 2. The van der Waals surface area contributed by atoms with E-state index in [1.165, 1.54) is 18.4 Å². The lowest BCUT2D eigenvalue weighted by Crippen LogP contribution is -2.42. The van der Waals surface area contributed by atoms with Crippen molar-refractivity contribution in [3.63, 3.8) is 0 Å². The summed E-state index contributed by atoms with van der Waals surface area (Å²) in [5, 5.41) is 0.996. The number of nitrogens with zero attached hydrogens (tertiary/aromatic N) is 1. The minimum atomic E-state index is -0.591. The largest absolute Gasteiger partial charge is 0.497 e. The molecule has 0 spiro atoms. The number of imide groups is 1. The maximum atomic E-state index is 13.3. The Hall–Kier alpha value is -2.59. The van der Waals surface area contributed by atoms with E-state index in [4.69, 9.17) is 9.47 Å². The van der Waals surface area contributed by atoms with Crippen molar-refractivity contribution in [2.75, 3.05) is 20.8 Å². The number of thioether (sulfide) groups is 1. The average molecular weight is 487 g/mol. The van der Waals surface area contributed by atoms with Crippen LogP contribution in [0.15, 0.2) is 34.1 Å². The van der Waals surface area contributed by atoms with Crippen molar-refractivity contribution >= 4 is 40.9 Å². The predicted molar refractivity (Wildman–Crippen MR) is 120 cm³/mol. The number of nitrogens with one attached hydrogen (secondary N) is 1. The molecule has 8 nitrogen and oxygen atoms in total. The number of thiazole rings is 1. The van der Waals surface area contributed by atoms with Crippen molar-refractivity contribution in [1.29, 1.82) is 0 Å². The molecule has 2 aliphatic heterocycles. The number of H-pyrrole nitrogens is 1. The Morgan fingerprint density at radius 2 is 1.79 bits per heavy atom. The Labute approximate surface area is 197 Å². The lowest BCUT2D eigenvalue weighted by molar-refractivity contribution is -0.151. The molecule has 0 radical (unpaired) electrons. The molecule has 7 atom stereocenters. The van der Waals surface area contributed by atoms with E-state index in [-0.39, 0.29) is 52.2 Å². The third-order valence-corrected chi connectivity index (χ3v) is 10.4. The van der Waals surface area contributed by atoms with Crippen LogP contribution in [0, 0.1) is 29.6 Å². The first kappa shape index (κ1) is 21.0. The van der Waals surface area contributed by atoms with Crippen LogP contribution in [0.25, 0.3) is 0 Å². The second-order valence-corrected chi connectivity index (χ2v) is 11.3. The Kier molecular flexibility index (Phi) is 4.74. The second kappa shape index (κ2) is 7.46. The van der Waals surface area contributed by atoms with Crippen molar-refractivity contribution in [3.05, 3.63) is 44.4 Å². The van der Waals surface area contributed by atoms with Gasteiger partial charge < -0.3 is 14.5 Å². The average Bonchev–Trinajstić information content (AvgIpc) is 3.54. The number of esters is 1. The first-order valence-electron chi connectivity index (χ1n) is 10.9. The highest BCUT2D eigenvalue weighted by molar-refractivity contribution is 8.00. The van der Waals surface area contributed by atoms with E-state index in [1.807, 2.05) is 24.3 Å². The molecule has 2 bridgehead atoms. The fourth-order valence-corrected chi connectivity index (χ4v) is 9.50. The number of rotatable bonds is 4. The minimum Gasteiger partial charge on any atom is -0.497 e. The highest BCUT2D eigenvalue weighted by Crippen LogP contribution is 2.68. The van der Waals surface area contributed by atoms with Crippen LogP contribution in [0.3, 0.4) is 0 Å². The van der Waals surface area contributed by atoms with Crippen molar-refractivity contribution in [2.24, 2.45) is 29.6 Å². The number of hydrogen-bond acceptors (Lipinski definition) is 8. The summed E-state index contributed by atoms with van der Waals surface area (Å²) in [6.45, 7) is -0.328. The number of aromatic amines is 1. The highest BCUT2D eigenvalue weighted by Gasteiger charge is 2.69. The second-order valence-electron chi connectivity index (χ2n) is 9.07. The van der Waals surface area contributed by atoms with Gasteiger partial charge in [0.15, 0.2) is 0 Å². The molecular weight excluding hydrogens is 464 g/mol. The van der Waals surface area contributed by atoms with E-state index in [1.54, 1.807) is 18.9 Å². The number of amides is 2. The summed E-state index contributed by atoms with van der Waals surface area (Å²) in [6, 6.07) is 7.89. The Bertz CT molecular complexity index is 1220. The van der Waals surface area contributed by atoms with E-state index in [0.29, 0.717) is 0 Å². The number of hydrogen-bond donors (Lipinski definition) is 1. The molecule has 6 rings (SSSR count). The van der Waals surface area contributed by atoms with Crippen LogP contribution in [0.1, 0.15) is 22.8 Å². The standard InChI is InChI=1S/C23H22N2O6S2/c1-30-10-5-3-9(4-6-10)14-15-11-7-12(18(15)32-20-19(14)33-23(29)24-20)17-16(11)21(27)25(22(17)28)8-13(26)31-2/h3-6,11-12,14-18H,7-8H2,1-2H3,(H,24,29). The highest BCUT2D eigenvalue weighted by atomic mass is 32.2. The molecule has 2 saturated carbocycles. The van der Waals surface area contributed by atoms with Crippen LogP contribution in [-0.2, 0) is 19.1 Å². The topological polar surface area (TPSA) is 106 Å². The minimum absolute atomic E-state index is 0.0223. The fraction of sp³-hybridized carbons (Fsp3) is 0.478. The summed E-state index contributed by atoms with van der Waals surface area (Å²) >= 11 is 2.88. The Morgan fingerprint density at radius 3 is 2.45 bits per heavy atom. The number of fused-ring (bicyclic) bond motifs is 9. The number of benzene rings is 1. The maximum Gasteiger partial charge on any atom is 0.325 e. The van der Waals surface area contributed by atoms with Gasteiger partial charge in [0.25, 0.3) is 0 Å². The zero-order valence-electron chi connectivity index (χ0n) is 18.0. The Morgan fingerprint density at radius 1 is 1.09 bits per heavy atom. The van der Waals surface area contributed by atoms with Crippen molar-refractivity contribution in [1.82, 2.24) is 9.88 Å². The number of methoxy groups -OCH3 is 2. The molecule has 2 amide bonds. The van der Waals surface area contributed by atoms with Crippen LogP contribution in [0.4, 0.5) is 0 Å². The zero-order valence-corrected chi connectivity index (χ0v) is 19.6. The smallest absolute Gasteiger partial charge is 0.325 e. The van der Waals surface area contributed by atoms with Crippen LogP contribution < -0.4 is 9.61 Å². The third kappa shape index (κ3) is 2.89. The first-order chi connectivity index (χ1) is 15.9. The number of aromatic nitrogens is 1. The fourth-order valence-electron chi connectivity index (χ4n) is 6.61. The first-order valence-corrected chi connectivity index (χ1v) is 12.6. The molecule has 3 fully saturated rings. The maximum absolute atomic E-state index is 13.3. The summed E-state index contributed by atoms with van der Waals surface area (Å²) in [7, 11) is 2.87. The molecule has 7 unspecified atom stereocenters. The molecule has 1 aromatic carbocycles. The van der Waals surface area contributed by atoms with Gasteiger partial charge in [-0.2, -0.15) is 0 Å². The van der Waals surface area contributed by atoms with Gasteiger partial charge in [0.2, 0.25) is 11.8 Å². The van der Waals surface area contributed by atoms with Gasteiger partial charge in [-0.15, -0.1) is 11.8 Å². The molecule has 1 saturated heterocycles. The van der Waals surface area contributed by atoms with Crippen molar-refractivity contribution in [3.8, 4) is 5.75 Å². The van der Waals surface area contributed by atoms with Gasteiger partial charge in [0, 0.05) is 16.0 Å². The van der Waals surface area contributed by atoms with Crippen LogP contribution in [-0.4, -0.2) is 53.7 Å². The van der Waals surface area contributed by atoms with Gasteiger partial charge in [-0.1, -0.05) is 23.5 Å². The summed E-state index contributed by atoms with van der Waals surface area (Å²) in [5.41, 5.74) is 1.08. The van der Waals surface area contributed by atoms with Crippen LogP contribution in [0.5, 0.6) is 5.75 Å². The summed E-state index contributed by atoms with van der Waals surface area (Å²) < 4.78 is 10.0. The van der Waals surface area contributed by atoms with Gasteiger partial charge in [0.05, 0.1) is 31.1 Å².